The van der Waals surface area contributed by atoms with Crippen LogP contribution < -0.4 is 14.9 Å². The lowest BCUT2D eigenvalue weighted by Gasteiger charge is -2.14. The second-order valence-electron chi connectivity index (χ2n) is 6.77. The molecule has 33 heavy (non-hydrogen) atoms. The summed E-state index contributed by atoms with van der Waals surface area (Å²) in [6, 6.07) is 14.0. The van der Waals surface area contributed by atoms with E-state index in [9.17, 15) is 14.7 Å². The van der Waals surface area contributed by atoms with Gasteiger partial charge >= 0.3 is 5.97 Å². The summed E-state index contributed by atoms with van der Waals surface area (Å²) in [4.78, 5) is 24.1. The predicted molar refractivity (Wildman–Crippen MR) is 133 cm³/mol. The van der Waals surface area contributed by atoms with Gasteiger partial charge in [-0.1, -0.05) is 24.3 Å². The van der Waals surface area contributed by atoms with Gasteiger partial charge in [-0.3, -0.25) is 4.79 Å². The molecular weight excluding hydrogens is 539 g/mol. The van der Waals surface area contributed by atoms with Crippen molar-refractivity contribution in [2.24, 2.45) is 5.10 Å². The van der Waals surface area contributed by atoms with Crippen LogP contribution in [0.4, 0.5) is 0 Å². The fourth-order valence-electron chi connectivity index (χ4n) is 3.04. The lowest BCUT2D eigenvalue weighted by Crippen LogP contribution is -2.18. The monoisotopic (exact) mass is 562 g/mol. The first-order valence-electron chi connectivity index (χ1n) is 10.2. The first-order valence-corrected chi connectivity index (χ1v) is 11.3. The van der Waals surface area contributed by atoms with Crippen LogP contribution in [0.1, 0.15) is 29.8 Å². The molecule has 0 aliphatic carbocycles. The van der Waals surface area contributed by atoms with E-state index in [2.05, 4.69) is 33.1 Å². The second-order valence-corrected chi connectivity index (χ2v) is 7.93. The van der Waals surface area contributed by atoms with Gasteiger partial charge in [0.1, 0.15) is 5.75 Å². The summed E-state index contributed by atoms with van der Waals surface area (Å²) in [5.74, 6) is -0.274. The van der Waals surface area contributed by atoms with Gasteiger partial charge in [0.2, 0.25) is 0 Å². The van der Waals surface area contributed by atoms with Crippen molar-refractivity contribution in [3.8, 4) is 17.2 Å². The number of esters is 1. The third-order valence-electron chi connectivity index (χ3n) is 4.46. The van der Waals surface area contributed by atoms with Gasteiger partial charge in [-0.25, -0.2) is 10.2 Å². The van der Waals surface area contributed by atoms with E-state index in [1.807, 2.05) is 31.2 Å². The summed E-state index contributed by atoms with van der Waals surface area (Å²) in [5.41, 5.74) is 3.20. The topological polar surface area (TPSA) is 106 Å². The summed E-state index contributed by atoms with van der Waals surface area (Å²) in [5, 5.41) is 15.9. The number of hydrogen-bond donors (Lipinski definition) is 2. The smallest absolute Gasteiger partial charge is 0.344 e. The first-order chi connectivity index (χ1) is 15.9. The van der Waals surface area contributed by atoms with E-state index in [4.69, 9.17) is 14.2 Å². The highest BCUT2D eigenvalue weighted by molar-refractivity contribution is 14.1. The molecule has 1 amide bonds. The molecule has 0 saturated heterocycles. The number of carbonyl (C=O) groups is 2. The number of hydrogen-bond acceptors (Lipinski definition) is 7. The highest BCUT2D eigenvalue weighted by Crippen LogP contribution is 2.34. The molecule has 0 atom stereocenters. The van der Waals surface area contributed by atoms with Crippen molar-refractivity contribution < 1.29 is 28.9 Å². The van der Waals surface area contributed by atoms with Crippen molar-refractivity contribution in [3.05, 3.63) is 63.2 Å². The second kappa shape index (κ2) is 11.5. The highest BCUT2D eigenvalue weighted by Gasteiger charge is 2.15. The summed E-state index contributed by atoms with van der Waals surface area (Å²) in [7, 11) is 0. The standard InChI is InChI=1S/C24H23IN2O6/c1-3-31-21-10-15(9-19(25)23(21)33-14-22(29)32-4-2)13-26-27-24(30)18-11-16-7-5-6-8-17(16)12-20(18)28/h5-13,28H,3-4,14H2,1-2H3,(H,27,30). The van der Waals surface area contributed by atoms with Gasteiger partial charge in [-0.05, 0) is 77.0 Å². The molecule has 0 bridgehead atoms. The van der Waals surface area contributed by atoms with E-state index in [1.165, 1.54) is 6.21 Å². The Morgan fingerprint density at radius 2 is 1.79 bits per heavy atom. The molecule has 0 spiro atoms. The number of rotatable bonds is 9. The zero-order valence-corrected chi connectivity index (χ0v) is 20.3. The summed E-state index contributed by atoms with van der Waals surface area (Å²) >= 11 is 2.07. The normalized spacial score (nSPS) is 10.9. The Balaban J connectivity index is 1.74. The number of aromatic hydroxyl groups is 1. The number of phenols is 1. The zero-order valence-electron chi connectivity index (χ0n) is 18.1. The number of phenolic OH excluding ortho intramolecular Hbond substituents is 1. The Kier molecular flexibility index (Phi) is 8.47. The Morgan fingerprint density at radius 1 is 1.06 bits per heavy atom. The molecule has 0 unspecified atom stereocenters. The van der Waals surface area contributed by atoms with Crippen LogP contribution in [-0.4, -0.2) is 43.0 Å². The number of ether oxygens (including phenoxy) is 3. The van der Waals surface area contributed by atoms with Crippen molar-refractivity contribution >= 4 is 51.5 Å². The quantitative estimate of drug-likeness (QED) is 0.175. The van der Waals surface area contributed by atoms with Crippen molar-refractivity contribution in [2.75, 3.05) is 19.8 Å². The summed E-state index contributed by atoms with van der Waals surface area (Å²) < 4.78 is 16.8. The van der Waals surface area contributed by atoms with Crippen LogP contribution in [-0.2, 0) is 9.53 Å². The maximum atomic E-state index is 12.5. The minimum atomic E-state index is -0.538. The Morgan fingerprint density at radius 3 is 2.48 bits per heavy atom. The number of nitrogens with one attached hydrogen (secondary N) is 1. The van der Waals surface area contributed by atoms with Crippen LogP contribution in [0, 0.1) is 3.57 Å². The van der Waals surface area contributed by atoms with Crippen LogP contribution in [0.2, 0.25) is 0 Å². The van der Waals surface area contributed by atoms with Crippen LogP contribution in [0.25, 0.3) is 10.8 Å². The third kappa shape index (κ3) is 6.35. The highest BCUT2D eigenvalue weighted by atomic mass is 127. The van der Waals surface area contributed by atoms with Crippen molar-refractivity contribution in [1.29, 1.82) is 0 Å². The van der Waals surface area contributed by atoms with Gasteiger partial charge in [0.05, 0.1) is 28.6 Å². The zero-order chi connectivity index (χ0) is 23.8. The fourth-order valence-corrected chi connectivity index (χ4v) is 3.82. The van der Waals surface area contributed by atoms with Gasteiger partial charge in [0.15, 0.2) is 18.1 Å². The van der Waals surface area contributed by atoms with Crippen molar-refractivity contribution in [2.45, 2.75) is 13.8 Å². The molecule has 0 aliphatic rings. The van der Waals surface area contributed by atoms with E-state index in [-0.39, 0.29) is 24.5 Å². The van der Waals surface area contributed by atoms with Gasteiger partial charge < -0.3 is 19.3 Å². The minimum Gasteiger partial charge on any atom is -0.507 e. The van der Waals surface area contributed by atoms with E-state index < -0.39 is 11.9 Å². The number of benzene rings is 3. The lowest BCUT2D eigenvalue weighted by molar-refractivity contribution is -0.145. The van der Waals surface area contributed by atoms with Gasteiger partial charge in [0, 0.05) is 0 Å². The predicted octanol–water partition coefficient (Wildman–Crippen LogP) is 4.25. The van der Waals surface area contributed by atoms with Crippen LogP contribution in [0.3, 0.4) is 0 Å². The third-order valence-corrected chi connectivity index (χ3v) is 5.26. The van der Waals surface area contributed by atoms with Gasteiger partial charge in [-0.2, -0.15) is 5.10 Å². The summed E-state index contributed by atoms with van der Waals surface area (Å²) in [6.07, 6.45) is 1.45. The number of hydrazone groups is 1. The molecule has 9 heteroatoms. The number of carbonyl (C=O) groups excluding carboxylic acids is 2. The molecular formula is C24H23IN2O6. The molecule has 0 aliphatic heterocycles. The Bertz CT molecular complexity index is 1200. The molecule has 0 fully saturated rings. The molecule has 3 aromatic rings. The number of halogens is 1. The molecule has 0 radical (unpaired) electrons. The largest absolute Gasteiger partial charge is 0.507 e. The SMILES string of the molecule is CCOC(=O)COc1c(I)cc(C=NNC(=O)c2cc3ccccc3cc2O)cc1OCC. The maximum Gasteiger partial charge on any atom is 0.344 e. The number of nitrogens with zero attached hydrogens (tertiary/aromatic N) is 1. The average Bonchev–Trinajstić information content (AvgIpc) is 2.78. The molecule has 0 heterocycles. The van der Waals surface area contributed by atoms with Crippen LogP contribution in [0.5, 0.6) is 17.2 Å². The molecule has 0 aromatic heterocycles. The summed E-state index contributed by atoms with van der Waals surface area (Å²) in [6.45, 7) is 3.99. The molecule has 3 aromatic carbocycles. The average molecular weight is 562 g/mol. The van der Waals surface area contributed by atoms with E-state index in [0.717, 1.165) is 10.8 Å². The lowest BCUT2D eigenvalue weighted by atomic mass is 10.1. The van der Waals surface area contributed by atoms with Gasteiger partial charge in [0.25, 0.3) is 5.91 Å². The van der Waals surface area contributed by atoms with Crippen molar-refractivity contribution in [3.63, 3.8) is 0 Å². The minimum absolute atomic E-state index is 0.123. The number of amides is 1. The molecule has 2 N–H and O–H groups in total. The van der Waals surface area contributed by atoms with Crippen LogP contribution >= 0.6 is 22.6 Å². The van der Waals surface area contributed by atoms with E-state index in [0.29, 0.717) is 27.2 Å². The maximum absolute atomic E-state index is 12.5. The van der Waals surface area contributed by atoms with E-state index >= 15 is 0 Å². The molecule has 3 rings (SSSR count). The fraction of sp³-hybridized carbons (Fsp3) is 0.208. The van der Waals surface area contributed by atoms with Gasteiger partial charge in [-0.15, -0.1) is 0 Å². The van der Waals surface area contributed by atoms with E-state index in [1.54, 1.807) is 31.2 Å². The Hall–Kier alpha value is -3.34. The Labute approximate surface area is 204 Å². The first kappa shape index (κ1) is 24.3. The molecule has 172 valence electrons. The van der Waals surface area contributed by atoms with Crippen molar-refractivity contribution in [1.82, 2.24) is 5.43 Å². The molecule has 8 nitrogen and oxygen atoms in total. The van der Waals surface area contributed by atoms with Crippen LogP contribution in [0.15, 0.2) is 53.6 Å². The number of fused-ring (bicyclic) bond motifs is 1. The molecule has 0 saturated carbocycles.